The van der Waals surface area contributed by atoms with E-state index in [0.717, 1.165) is 74.5 Å². The van der Waals surface area contributed by atoms with E-state index in [0.29, 0.717) is 5.41 Å². The van der Waals surface area contributed by atoms with Crippen molar-refractivity contribution in [2.75, 3.05) is 0 Å². The smallest absolute Gasteiger partial charge is 0.0591 e. The van der Waals surface area contributed by atoms with Gasteiger partial charge in [0.1, 0.15) is 0 Å². The molecule has 0 spiro atoms. The van der Waals surface area contributed by atoms with E-state index in [1.165, 1.54) is 101 Å². The minimum Gasteiger partial charge on any atom is -0.393 e. The van der Waals surface area contributed by atoms with Crippen LogP contribution in [0.1, 0.15) is 204 Å². The molecule has 49 heavy (non-hydrogen) atoms. The minimum absolute atomic E-state index is 0.0196. The zero-order valence-corrected chi connectivity index (χ0v) is 34.6. The molecular formula is C46H86O3. The van der Waals surface area contributed by atoms with E-state index >= 15 is 0 Å². The number of rotatable bonds is 12. The summed E-state index contributed by atoms with van der Waals surface area (Å²) < 4.78 is 0. The highest BCUT2D eigenvalue weighted by molar-refractivity contribution is 5.36. The molecule has 3 N–H and O–H groups in total. The highest BCUT2D eigenvalue weighted by atomic mass is 16.3. The summed E-state index contributed by atoms with van der Waals surface area (Å²) in [5.74, 6) is 4.02. The second-order valence-electron chi connectivity index (χ2n) is 17.7. The zero-order valence-electron chi connectivity index (χ0n) is 34.6. The van der Waals surface area contributed by atoms with Gasteiger partial charge in [0.05, 0.1) is 17.8 Å². The lowest BCUT2D eigenvalue weighted by molar-refractivity contribution is 0.0596. The second-order valence-corrected chi connectivity index (χ2v) is 17.7. The summed E-state index contributed by atoms with van der Waals surface area (Å²) in [7, 11) is 0. The first-order valence-electron chi connectivity index (χ1n) is 21.3. The molecule has 0 amide bonds. The second kappa shape index (κ2) is 24.4. The summed E-state index contributed by atoms with van der Waals surface area (Å²) in [5, 5.41) is 29.1. The molecule has 5 unspecified atom stereocenters. The van der Waals surface area contributed by atoms with Gasteiger partial charge in [0, 0.05) is 0 Å². The van der Waals surface area contributed by atoms with Gasteiger partial charge in [-0.15, -0.1) is 0 Å². The van der Waals surface area contributed by atoms with E-state index in [9.17, 15) is 10.2 Å². The summed E-state index contributed by atoms with van der Waals surface area (Å²) in [6.45, 7) is 26.2. The lowest BCUT2D eigenvalue weighted by atomic mass is 9.60. The highest BCUT2D eigenvalue weighted by Crippen LogP contribution is 2.60. The van der Waals surface area contributed by atoms with Crippen molar-refractivity contribution in [2.24, 2.45) is 35.0 Å². The summed E-state index contributed by atoms with van der Waals surface area (Å²) in [6.07, 6.45) is 30.0. The average Bonchev–Trinajstić information content (AvgIpc) is 3.41. The fourth-order valence-corrected chi connectivity index (χ4v) is 9.07. The van der Waals surface area contributed by atoms with Crippen LogP contribution in [0.3, 0.4) is 0 Å². The van der Waals surface area contributed by atoms with Crippen LogP contribution in [0.15, 0.2) is 35.5 Å². The van der Waals surface area contributed by atoms with Crippen LogP contribution in [0.2, 0.25) is 0 Å². The topological polar surface area (TPSA) is 60.7 Å². The van der Waals surface area contributed by atoms with Crippen molar-refractivity contribution in [1.82, 2.24) is 0 Å². The number of unbranched alkanes of at least 4 members (excludes halogenated alkanes) is 4. The summed E-state index contributed by atoms with van der Waals surface area (Å²) in [4.78, 5) is 0. The number of hydrogen-bond donors (Lipinski definition) is 3. The van der Waals surface area contributed by atoms with Crippen LogP contribution in [0.25, 0.3) is 0 Å². The number of aliphatic hydroxyl groups is 3. The quantitative estimate of drug-likeness (QED) is 0.179. The van der Waals surface area contributed by atoms with Gasteiger partial charge in [0.25, 0.3) is 0 Å². The Bertz CT molecular complexity index is 920. The van der Waals surface area contributed by atoms with E-state index in [4.69, 9.17) is 5.11 Å². The van der Waals surface area contributed by atoms with Crippen molar-refractivity contribution in [2.45, 2.75) is 222 Å². The number of fused-ring (bicyclic) bond motifs is 1. The fourth-order valence-electron chi connectivity index (χ4n) is 9.07. The first-order valence-corrected chi connectivity index (χ1v) is 21.3. The molecule has 0 saturated heterocycles. The summed E-state index contributed by atoms with van der Waals surface area (Å²) in [5.41, 5.74) is 4.02. The molecule has 3 heteroatoms. The van der Waals surface area contributed by atoms with Gasteiger partial charge in [-0.3, -0.25) is 0 Å². The first kappa shape index (κ1) is 46.1. The van der Waals surface area contributed by atoms with Crippen molar-refractivity contribution < 1.29 is 15.3 Å². The van der Waals surface area contributed by atoms with Gasteiger partial charge in [0.2, 0.25) is 0 Å². The molecule has 0 heterocycles. The number of allylic oxidation sites excluding steroid dienone is 4. The van der Waals surface area contributed by atoms with Crippen molar-refractivity contribution in [3.05, 3.63) is 35.5 Å². The molecule has 0 aromatic heterocycles. The maximum atomic E-state index is 10.0. The van der Waals surface area contributed by atoms with Gasteiger partial charge in [0.15, 0.2) is 0 Å². The largest absolute Gasteiger partial charge is 0.393 e. The Kier molecular flexibility index (Phi) is 22.9. The van der Waals surface area contributed by atoms with Crippen LogP contribution in [-0.4, -0.2) is 33.1 Å². The maximum Gasteiger partial charge on any atom is 0.0591 e. The van der Waals surface area contributed by atoms with Crippen molar-refractivity contribution >= 4 is 0 Å². The molecule has 4 aliphatic rings. The van der Waals surface area contributed by atoms with Crippen LogP contribution in [0, 0.1) is 35.0 Å². The first-order chi connectivity index (χ1) is 23.2. The molecule has 4 fully saturated rings. The number of hydrogen-bond acceptors (Lipinski definition) is 3. The Morgan fingerprint density at radius 2 is 1.49 bits per heavy atom. The van der Waals surface area contributed by atoms with E-state index in [1.54, 1.807) is 5.57 Å². The van der Waals surface area contributed by atoms with E-state index < -0.39 is 5.60 Å². The third kappa shape index (κ3) is 17.9. The third-order valence-electron chi connectivity index (χ3n) is 12.2. The average molecular weight is 687 g/mol. The van der Waals surface area contributed by atoms with E-state index in [2.05, 4.69) is 60.3 Å². The Morgan fingerprint density at radius 1 is 0.837 bits per heavy atom. The summed E-state index contributed by atoms with van der Waals surface area (Å²) >= 11 is 0. The van der Waals surface area contributed by atoms with E-state index in [1.807, 2.05) is 27.7 Å². The maximum absolute atomic E-state index is 10.0. The predicted molar refractivity (Wildman–Crippen MR) is 216 cm³/mol. The van der Waals surface area contributed by atoms with Gasteiger partial charge < -0.3 is 15.3 Å². The van der Waals surface area contributed by atoms with Gasteiger partial charge in [-0.2, -0.15) is 0 Å². The molecule has 4 aliphatic carbocycles. The Hall–Kier alpha value is -0.900. The van der Waals surface area contributed by atoms with Crippen LogP contribution in [0.4, 0.5) is 0 Å². The highest BCUT2D eigenvalue weighted by Gasteiger charge is 2.50. The van der Waals surface area contributed by atoms with Crippen LogP contribution in [-0.2, 0) is 0 Å². The molecule has 288 valence electrons. The SMILES string of the molecule is C=C1CCC(O)C/C1=C/C=C1\CCCC2(C)C1CCC2C(C)CCCC(C)(C)O.CC.CC1CCC(O)CC1.CCCCCCCC(C)C. The van der Waals surface area contributed by atoms with Gasteiger partial charge in [-0.25, -0.2) is 0 Å². The normalized spacial score (nSPS) is 30.8. The zero-order chi connectivity index (χ0) is 37.0. The van der Waals surface area contributed by atoms with Crippen LogP contribution < -0.4 is 0 Å². The van der Waals surface area contributed by atoms with Gasteiger partial charge in [-0.1, -0.05) is 137 Å². The molecule has 0 bridgehead atoms. The molecule has 0 aromatic rings. The van der Waals surface area contributed by atoms with Crippen molar-refractivity contribution in [3.8, 4) is 0 Å². The summed E-state index contributed by atoms with van der Waals surface area (Å²) in [6, 6.07) is 0. The molecule has 0 aromatic carbocycles. The predicted octanol–water partition coefficient (Wildman–Crippen LogP) is 13.3. The lowest BCUT2D eigenvalue weighted by Gasteiger charge is -2.44. The molecular weight excluding hydrogens is 601 g/mol. The Labute approximate surface area is 306 Å². The molecule has 0 aliphatic heterocycles. The van der Waals surface area contributed by atoms with Crippen LogP contribution >= 0.6 is 0 Å². The standard InChI is InChI=1S/C27H44O2.C10H22.C7H14O.C2H6/c1-19-10-13-23(28)18-22(19)12-11-21-9-7-17-27(5)24(14-15-25(21)27)20(2)8-6-16-26(3,4)29;1-4-5-6-7-8-9-10(2)3;1-6-2-4-7(8)5-3-6;1-2/h11-12,20,23-25,28-29H,1,6-10,13-18H2,2-5H3;10H,4-9H2,1-3H3;6-8H,2-5H2,1H3;1-2H3/b21-11+,22-12-;;;. The van der Waals surface area contributed by atoms with Gasteiger partial charge in [-0.05, 0) is 138 Å². The lowest BCUT2D eigenvalue weighted by Crippen LogP contribution is -2.36. The van der Waals surface area contributed by atoms with Crippen molar-refractivity contribution in [1.29, 1.82) is 0 Å². The molecule has 0 radical (unpaired) electrons. The van der Waals surface area contributed by atoms with Gasteiger partial charge >= 0.3 is 0 Å². The number of aliphatic hydroxyl groups excluding tert-OH is 2. The van der Waals surface area contributed by atoms with E-state index in [-0.39, 0.29) is 12.2 Å². The van der Waals surface area contributed by atoms with Crippen molar-refractivity contribution in [3.63, 3.8) is 0 Å². The monoisotopic (exact) mass is 687 g/mol. The Morgan fingerprint density at radius 3 is 2.08 bits per heavy atom. The third-order valence-corrected chi connectivity index (χ3v) is 12.2. The molecule has 4 saturated carbocycles. The molecule has 5 atom stereocenters. The molecule has 3 nitrogen and oxygen atoms in total. The Balaban J connectivity index is 0.000000489. The fraction of sp³-hybridized carbons (Fsp3) is 0.870. The van der Waals surface area contributed by atoms with Crippen LogP contribution in [0.5, 0.6) is 0 Å². The molecule has 4 rings (SSSR count). The minimum atomic E-state index is -0.535.